The molecule has 592 valence electrons. The van der Waals surface area contributed by atoms with Gasteiger partial charge in [0.1, 0.15) is 66.7 Å². The van der Waals surface area contributed by atoms with Crippen molar-refractivity contribution in [2.45, 2.75) is 171 Å². The fourth-order valence-electron chi connectivity index (χ4n) is 12.2. The zero-order valence-corrected chi connectivity index (χ0v) is 61.8. The fourth-order valence-corrected chi connectivity index (χ4v) is 12.2. The van der Waals surface area contributed by atoms with E-state index < -0.39 is 163 Å². The molecule has 0 spiro atoms. The molecular formula is C76H102N18O16. The maximum atomic E-state index is 15.1. The molecule has 0 saturated carbocycles. The third kappa shape index (κ3) is 29.2. The number of nitrogens with two attached hydrogens (primary N) is 5. The van der Waals surface area contributed by atoms with Crippen molar-refractivity contribution in [2.75, 3.05) is 32.7 Å². The Morgan fingerprint density at radius 1 is 0.464 bits per heavy atom. The number of carboxylic acids is 2. The fraction of sp³-hybridized carbons (Fsp3) is 0.434. The Kier molecular flexibility index (Phi) is 34.8. The van der Waals surface area contributed by atoms with Crippen LogP contribution in [0.1, 0.15) is 107 Å². The predicted molar refractivity (Wildman–Crippen MR) is 408 cm³/mol. The summed E-state index contributed by atoms with van der Waals surface area (Å²) >= 11 is 0. The number of hydrogen-bond acceptors (Lipinski definition) is 17. The Bertz CT molecular complexity index is 4050. The Hall–Kier alpha value is -12.2. The van der Waals surface area contributed by atoms with E-state index in [0.717, 1.165) is 10.8 Å². The quantitative estimate of drug-likeness (QED) is 0.0123. The number of unbranched alkanes of at least 4 members (excludes halogenated alkanes) is 1. The molecule has 5 aromatic rings. The molecule has 23 N–H and O–H groups in total. The van der Waals surface area contributed by atoms with Crippen molar-refractivity contribution in [1.82, 2.24) is 58.1 Å². The largest absolute Gasteiger partial charge is 0.508 e. The Morgan fingerprint density at radius 3 is 1.44 bits per heavy atom. The molecule has 0 bridgehead atoms. The molecule has 10 atom stereocenters. The first kappa shape index (κ1) is 86.7. The molecule has 0 radical (unpaired) electrons. The minimum atomic E-state index is -1.98. The number of benzene rings is 5. The highest BCUT2D eigenvalue weighted by Gasteiger charge is 2.39. The number of carboxylic acid groups (broad SMARTS) is 2. The summed E-state index contributed by atoms with van der Waals surface area (Å²) in [6.07, 6.45) is -0.219. The van der Waals surface area contributed by atoms with Gasteiger partial charge in [-0.2, -0.15) is 0 Å². The third-order valence-corrected chi connectivity index (χ3v) is 18.0. The highest BCUT2D eigenvalue weighted by molar-refractivity contribution is 6.00. The van der Waals surface area contributed by atoms with Crippen molar-refractivity contribution in [1.29, 1.82) is 0 Å². The minimum Gasteiger partial charge on any atom is -0.508 e. The van der Waals surface area contributed by atoms with Crippen molar-refractivity contribution in [2.24, 2.45) is 44.6 Å². The van der Waals surface area contributed by atoms with Crippen LogP contribution in [0.25, 0.3) is 10.8 Å². The van der Waals surface area contributed by atoms with Crippen LogP contribution in [0.15, 0.2) is 137 Å². The van der Waals surface area contributed by atoms with E-state index in [1.54, 1.807) is 117 Å². The molecule has 1 saturated heterocycles. The number of phenolic OH excluding ortho intramolecular Hbond substituents is 1. The molecule has 0 unspecified atom stereocenters. The topological polar surface area (TPSA) is 561 Å². The first-order chi connectivity index (χ1) is 52.5. The molecule has 34 nitrogen and oxygen atoms in total. The summed E-state index contributed by atoms with van der Waals surface area (Å²) in [6.45, 7) is 3.84. The molecule has 6 rings (SSSR count). The predicted octanol–water partition coefficient (Wildman–Crippen LogP) is -1.24. The van der Waals surface area contributed by atoms with E-state index >= 15 is 14.4 Å². The van der Waals surface area contributed by atoms with E-state index in [-0.39, 0.29) is 102 Å². The highest BCUT2D eigenvalue weighted by atomic mass is 16.4. The van der Waals surface area contributed by atoms with Gasteiger partial charge in [-0.3, -0.25) is 72.3 Å². The van der Waals surface area contributed by atoms with Gasteiger partial charge in [0.05, 0.1) is 19.0 Å². The second-order valence-corrected chi connectivity index (χ2v) is 27.1. The number of amides is 11. The molecule has 1 heterocycles. The number of fused-ring (bicyclic) bond motifs is 1. The molecular weight excluding hydrogens is 1420 g/mol. The number of likely N-dealkylation sites (tertiary alicyclic amines) is 1. The zero-order valence-electron chi connectivity index (χ0n) is 61.8. The van der Waals surface area contributed by atoms with Crippen molar-refractivity contribution < 1.29 is 77.6 Å². The Morgan fingerprint density at radius 2 is 0.900 bits per heavy atom. The van der Waals surface area contributed by atoms with Gasteiger partial charge in [-0.05, 0) is 102 Å². The first-order valence-electron chi connectivity index (χ1n) is 36.4. The van der Waals surface area contributed by atoms with Crippen LogP contribution in [-0.2, 0) is 88.0 Å². The molecule has 1 aliphatic heterocycles. The third-order valence-electron chi connectivity index (χ3n) is 18.0. The molecule has 34 heteroatoms. The van der Waals surface area contributed by atoms with E-state index in [1.807, 2.05) is 19.1 Å². The van der Waals surface area contributed by atoms with Crippen LogP contribution in [0.2, 0.25) is 0 Å². The Labute approximate surface area is 636 Å². The lowest BCUT2D eigenvalue weighted by molar-refractivity contribution is -0.141. The van der Waals surface area contributed by atoms with Gasteiger partial charge >= 0.3 is 11.9 Å². The van der Waals surface area contributed by atoms with Crippen molar-refractivity contribution in [3.63, 3.8) is 0 Å². The zero-order chi connectivity index (χ0) is 80.4. The number of phenols is 1. The monoisotopic (exact) mass is 1520 g/mol. The van der Waals surface area contributed by atoms with E-state index in [0.29, 0.717) is 41.5 Å². The number of nitrogens with zero attached hydrogens (tertiary/aromatic N) is 3. The standard InChI is InChI=1S/C76H102N18O16/c1-4-5-23-53(88-74(110)64(44(2)3)93-65(101)52(77)37-47-28-31-51(95)32-29-47)66(102)84-42-61(96)94-35-16-26-60(94)73(109)92-57(39-46-19-10-7-11-20-46)70(106)86-55(25-15-34-83-76(80)81)69(105)90-58(40-48-27-30-49-21-12-13-22-50(49)36-48)71(107)91-59(41-62(97)98)72(108)87-54(24-14-33-82-75(78)79)68(104)89-56(67(103)85-43-63(99)100)38-45-17-8-6-9-18-45/h6-13,17-22,27-32,36,44,52-60,64,95H,4-5,14-16,23-26,33-35,37-43,77H2,1-3H3,(H,84,102)(H,85,103)(H,86,106)(H,87,108)(H,88,110)(H,89,104)(H,90,105)(H,91,107)(H,92,109)(H,93,101)(H,97,98)(H,99,100)(H4,78,79,82)(H4,80,81,83)/t52-,53-,54-,55-,56-,57-,58+,59-,60-,64-/m0/s1. The van der Waals surface area contributed by atoms with Crippen LogP contribution in [0.5, 0.6) is 5.75 Å². The van der Waals surface area contributed by atoms with Crippen LogP contribution in [0.3, 0.4) is 0 Å². The first-order valence-corrected chi connectivity index (χ1v) is 36.4. The average molecular weight is 1520 g/mol. The molecule has 0 aliphatic carbocycles. The van der Waals surface area contributed by atoms with Crippen LogP contribution in [0, 0.1) is 5.92 Å². The molecule has 5 aromatic carbocycles. The molecule has 0 aromatic heterocycles. The van der Waals surface area contributed by atoms with Gasteiger partial charge in [-0.15, -0.1) is 0 Å². The highest BCUT2D eigenvalue weighted by Crippen LogP contribution is 2.21. The number of carbonyl (C=O) groups is 13. The summed E-state index contributed by atoms with van der Waals surface area (Å²) in [7, 11) is 0. The lowest BCUT2D eigenvalue weighted by atomic mass is 9.99. The number of hydrogen-bond donors (Lipinski definition) is 18. The van der Waals surface area contributed by atoms with Crippen LogP contribution < -0.4 is 81.8 Å². The number of nitrogens with one attached hydrogen (secondary N) is 10. The van der Waals surface area contributed by atoms with Crippen molar-refractivity contribution >= 4 is 99.6 Å². The summed E-state index contributed by atoms with van der Waals surface area (Å²) in [6, 6.07) is 21.3. The van der Waals surface area contributed by atoms with Crippen molar-refractivity contribution in [3.8, 4) is 5.75 Å². The van der Waals surface area contributed by atoms with E-state index in [2.05, 4.69) is 63.2 Å². The summed E-state index contributed by atoms with van der Waals surface area (Å²) in [5.41, 5.74) is 30.9. The van der Waals surface area contributed by atoms with Gasteiger partial charge < -0.3 is 102 Å². The van der Waals surface area contributed by atoms with E-state index in [1.165, 1.54) is 17.0 Å². The number of aliphatic imine (C=N–C) groups is 2. The second-order valence-electron chi connectivity index (χ2n) is 27.1. The van der Waals surface area contributed by atoms with Crippen molar-refractivity contribution in [3.05, 3.63) is 150 Å². The number of aromatic hydroxyl groups is 1. The smallest absolute Gasteiger partial charge is 0.322 e. The van der Waals surface area contributed by atoms with E-state index in [9.17, 15) is 63.3 Å². The SMILES string of the molecule is CCCC[C@H](NC(=O)[C@@H](NC(=O)[C@@H](N)Cc1ccc(O)cc1)C(C)C)C(=O)NCC(=O)N1CCC[C@H]1C(=O)N[C@@H](Cc1ccccc1)C(=O)N[C@@H](CCCN=C(N)N)C(=O)N[C@H](Cc1ccc2ccccc2c1)C(=O)N[C@@H](CC(=O)O)C(=O)N[C@@H](CCCN=C(N)N)C(=O)N[C@@H](Cc1ccccc1)C(=O)NCC(=O)O. The lowest BCUT2D eigenvalue weighted by Crippen LogP contribution is -2.61. The van der Waals surface area contributed by atoms with Gasteiger partial charge in [-0.25, -0.2) is 0 Å². The lowest BCUT2D eigenvalue weighted by Gasteiger charge is -2.29. The maximum Gasteiger partial charge on any atom is 0.322 e. The van der Waals surface area contributed by atoms with Crippen LogP contribution in [0.4, 0.5) is 0 Å². The normalized spacial score (nSPS) is 14.8. The van der Waals surface area contributed by atoms with Gasteiger partial charge in [0.15, 0.2) is 11.9 Å². The minimum absolute atomic E-state index is 0.0214. The summed E-state index contributed by atoms with van der Waals surface area (Å²) < 4.78 is 0. The summed E-state index contributed by atoms with van der Waals surface area (Å²) in [5, 5.41) is 56.8. The number of carbonyl (C=O) groups excluding carboxylic acids is 11. The molecule has 1 aliphatic rings. The summed E-state index contributed by atoms with van der Waals surface area (Å²) in [4.78, 5) is 191. The second kappa shape index (κ2) is 44.2. The number of rotatable bonds is 44. The van der Waals surface area contributed by atoms with Gasteiger partial charge in [0, 0.05) is 38.9 Å². The number of guanidine groups is 2. The van der Waals surface area contributed by atoms with Crippen LogP contribution >= 0.6 is 0 Å². The number of aliphatic carboxylic acids is 2. The van der Waals surface area contributed by atoms with Gasteiger partial charge in [0.2, 0.25) is 65.0 Å². The van der Waals surface area contributed by atoms with Crippen LogP contribution in [-0.4, -0.2) is 202 Å². The maximum absolute atomic E-state index is 15.1. The van der Waals surface area contributed by atoms with Gasteiger partial charge in [-0.1, -0.05) is 149 Å². The van der Waals surface area contributed by atoms with E-state index in [4.69, 9.17) is 28.7 Å². The average Bonchev–Trinajstić information content (AvgIpc) is 1.32. The summed E-state index contributed by atoms with van der Waals surface area (Å²) in [5.74, 6) is -13.5. The molecule has 110 heavy (non-hydrogen) atoms. The Balaban J connectivity index is 1.23. The molecule has 1 fully saturated rings. The van der Waals surface area contributed by atoms with Gasteiger partial charge in [0.25, 0.3) is 0 Å². The molecule has 11 amide bonds.